The number of hydrogen-bond acceptors (Lipinski definition) is 2. The molecule has 0 bridgehead atoms. The second-order valence-corrected chi connectivity index (χ2v) is 4.50. The van der Waals surface area contributed by atoms with Gasteiger partial charge in [0, 0.05) is 31.2 Å². The van der Waals surface area contributed by atoms with Gasteiger partial charge >= 0.3 is 0 Å². The maximum absolute atomic E-state index is 12.1. The molecule has 1 unspecified atom stereocenters. The van der Waals surface area contributed by atoms with E-state index in [2.05, 4.69) is 0 Å². The number of carbonyl (C=O) groups excluding carboxylic acids is 1. The fraction of sp³-hybridized carbons (Fsp3) is 0.462. The smallest absolute Gasteiger partial charge is 0.256 e. The van der Waals surface area contributed by atoms with Crippen LogP contribution >= 0.6 is 0 Å². The van der Waals surface area contributed by atoms with Crippen LogP contribution in [0.4, 0.5) is 0 Å². The van der Waals surface area contributed by atoms with Crippen molar-refractivity contribution in [3.05, 3.63) is 35.4 Å². The summed E-state index contributed by atoms with van der Waals surface area (Å²) in [5, 5.41) is 0. The van der Waals surface area contributed by atoms with Crippen LogP contribution in [0.1, 0.15) is 35.2 Å². The molecule has 3 heteroatoms. The first-order chi connectivity index (χ1) is 7.76. The van der Waals surface area contributed by atoms with Crippen molar-refractivity contribution < 1.29 is 9.53 Å². The molecule has 1 amide bonds. The van der Waals surface area contributed by atoms with Crippen LogP contribution in [-0.2, 0) is 10.5 Å². The van der Waals surface area contributed by atoms with Crippen molar-refractivity contribution in [2.24, 2.45) is 0 Å². The number of fused-ring (bicyclic) bond motifs is 2. The van der Waals surface area contributed by atoms with E-state index in [9.17, 15) is 4.79 Å². The molecule has 3 rings (SSSR count). The summed E-state index contributed by atoms with van der Waals surface area (Å²) < 4.78 is 5.94. The second kappa shape index (κ2) is 3.32. The van der Waals surface area contributed by atoms with Gasteiger partial charge in [0.1, 0.15) is 0 Å². The highest BCUT2D eigenvalue weighted by atomic mass is 16.5. The summed E-state index contributed by atoms with van der Waals surface area (Å²) in [5.41, 5.74) is 1.36. The zero-order valence-corrected chi connectivity index (χ0v) is 9.40. The summed E-state index contributed by atoms with van der Waals surface area (Å²) in [6.45, 7) is 0.742. The topological polar surface area (TPSA) is 29.5 Å². The first kappa shape index (κ1) is 9.85. The van der Waals surface area contributed by atoms with Gasteiger partial charge in [0.2, 0.25) is 0 Å². The first-order valence-corrected chi connectivity index (χ1v) is 5.77. The maximum Gasteiger partial charge on any atom is 0.256 e. The zero-order valence-electron chi connectivity index (χ0n) is 9.40. The van der Waals surface area contributed by atoms with Crippen molar-refractivity contribution in [2.75, 3.05) is 13.7 Å². The van der Waals surface area contributed by atoms with Gasteiger partial charge in [-0.1, -0.05) is 18.2 Å². The van der Waals surface area contributed by atoms with E-state index in [0.29, 0.717) is 0 Å². The molecule has 16 heavy (non-hydrogen) atoms. The lowest BCUT2D eigenvalue weighted by Crippen LogP contribution is -2.45. The maximum atomic E-state index is 12.1. The molecule has 1 atom stereocenters. The van der Waals surface area contributed by atoms with Gasteiger partial charge in [-0.25, -0.2) is 0 Å². The predicted molar refractivity (Wildman–Crippen MR) is 60.0 cm³/mol. The Bertz CT molecular complexity index is 435. The minimum atomic E-state index is -0.480. The van der Waals surface area contributed by atoms with Gasteiger partial charge in [0.05, 0.1) is 0 Å². The first-order valence-electron chi connectivity index (χ1n) is 5.77. The van der Waals surface area contributed by atoms with Crippen LogP contribution in [0.25, 0.3) is 0 Å². The van der Waals surface area contributed by atoms with E-state index >= 15 is 0 Å². The van der Waals surface area contributed by atoms with Crippen LogP contribution < -0.4 is 0 Å². The van der Waals surface area contributed by atoms with Crippen molar-refractivity contribution in [2.45, 2.75) is 25.0 Å². The molecule has 2 aliphatic heterocycles. The number of rotatable bonds is 0. The standard InChI is InChI=1S/C13H15NO2/c1-14-12(15)10-6-2-3-7-11(10)13(14)8-4-5-9-16-13/h2-3,6-7H,4-5,8-9H2,1H3. The molecule has 2 aliphatic rings. The van der Waals surface area contributed by atoms with Gasteiger partial charge in [0.25, 0.3) is 5.91 Å². The summed E-state index contributed by atoms with van der Waals surface area (Å²) in [7, 11) is 1.84. The third-order valence-corrected chi connectivity index (χ3v) is 3.68. The van der Waals surface area contributed by atoms with Crippen molar-refractivity contribution in [1.82, 2.24) is 4.90 Å². The highest BCUT2D eigenvalue weighted by Crippen LogP contribution is 2.44. The molecule has 84 valence electrons. The Morgan fingerprint density at radius 1 is 1.31 bits per heavy atom. The van der Waals surface area contributed by atoms with E-state index in [-0.39, 0.29) is 5.91 Å². The van der Waals surface area contributed by atoms with Gasteiger partial charge in [0.15, 0.2) is 5.72 Å². The predicted octanol–water partition coefficient (Wildman–Crippen LogP) is 2.13. The number of nitrogens with zero attached hydrogens (tertiary/aromatic N) is 1. The van der Waals surface area contributed by atoms with Gasteiger partial charge in [-0.05, 0) is 18.9 Å². The highest BCUT2D eigenvalue weighted by Gasteiger charge is 2.49. The van der Waals surface area contributed by atoms with E-state index < -0.39 is 5.72 Å². The average molecular weight is 217 g/mol. The van der Waals surface area contributed by atoms with E-state index in [1.54, 1.807) is 4.90 Å². The largest absolute Gasteiger partial charge is 0.351 e. The molecule has 2 heterocycles. The summed E-state index contributed by atoms with van der Waals surface area (Å²) >= 11 is 0. The average Bonchev–Trinajstić information content (AvgIpc) is 2.55. The van der Waals surface area contributed by atoms with Crippen LogP contribution in [0.2, 0.25) is 0 Å². The molecule has 1 saturated heterocycles. The lowest BCUT2D eigenvalue weighted by molar-refractivity contribution is -0.155. The summed E-state index contributed by atoms with van der Waals surface area (Å²) in [5.74, 6) is 0.0810. The second-order valence-electron chi connectivity index (χ2n) is 4.50. The monoisotopic (exact) mass is 217 g/mol. The molecule has 1 spiro atoms. The Balaban J connectivity index is 2.15. The third kappa shape index (κ3) is 1.09. The zero-order chi connectivity index (χ0) is 11.2. The summed E-state index contributed by atoms with van der Waals surface area (Å²) in [4.78, 5) is 13.9. The quantitative estimate of drug-likeness (QED) is 0.666. The molecule has 1 aromatic carbocycles. The lowest BCUT2D eigenvalue weighted by Gasteiger charge is -2.39. The third-order valence-electron chi connectivity index (χ3n) is 3.68. The Morgan fingerprint density at radius 2 is 2.12 bits per heavy atom. The van der Waals surface area contributed by atoms with Crippen LogP contribution in [0.3, 0.4) is 0 Å². The lowest BCUT2D eigenvalue weighted by atomic mass is 9.94. The molecular weight excluding hydrogens is 202 g/mol. The number of amides is 1. The van der Waals surface area contributed by atoms with E-state index in [0.717, 1.165) is 37.0 Å². The number of ether oxygens (including phenoxy) is 1. The van der Waals surface area contributed by atoms with Crippen molar-refractivity contribution >= 4 is 5.91 Å². The van der Waals surface area contributed by atoms with Crippen LogP contribution in [0.15, 0.2) is 24.3 Å². The van der Waals surface area contributed by atoms with Crippen LogP contribution in [0.5, 0.6) is 0 Å². The molecule has 0 aliphatic carbocycles. The van der Waals surface area contributed by atoms with Gasteiger partial charge in [-0.3, -0.25) is 4.79 Å². The van der Waals surface area contributed by atoms with Crippen molar-refractivity contribution in [3.8, 4) is 0 Å². The SMILES string of the molecule is CN1C(=O)c2ccccc2C12CCCCO2. The van der Waals surface area contributed by atoms with E-state index in [1.807, 2.05) is 31.3 Å². The molecule has 3 nitrogen and oxygen atoms in total. The Hall–Kier alpha value is -1.35. The molecule has 1 aromatic rings. The van der Waals surface area contributed by atoms with E-state index in [1.165, 1.54) is 0 Å². The number of benzene rings is 1. The fourth-order valence-electron chi connectivity index (χ4n) is 2.79. The fourth-order valence-corrected chi connectivity index (χ4v) is 2.79. The van der Waals surface area contributed by atoms with Crippen LogP contribution in [-0.4, -0.2) is 24.5 Å². The Kier molecular flexibility index (Phi) is 2.04. The van der Waals surface area contributed by atoms with Crippen molar-refractivity contribution in [1.29, 1.82) is 0 Å². The van der Waals surface area contributed by atoms with Gasteiger partial charge in [-0.2, -0.15) is 0 Å². The molecule has 0 saturated carbocycles. The number of carbonyl (C=O) groups is 1. The molecule has 0 aromatic heterocycles. The van der Waals surface area contributed by atoms with E-state index in [4.69, 9.17) is 4.74 Å². The summed E-state index contributed by atoms with van der Waals surface area (Å²) in [6.07, 6.45) is 3.12. The minimum absolute atomic E-state index is 0.0810. The Labute approximate surface area is 95.0 Å². The van der Waals surface area contributed by atoms with Crippen molar-refractivity contribution in [3.63, 3.8) is 0 Å². The highest BCUT2D eigenvalue weighted by molar-refractivity contribution is 5.99. The Morgan fingerprint density at radius 3 is 2.88 bits per heavy atom. The van der Waals surface area contributed by atoms with Gasteiger partial charge in [-0.15, -0.1) is 0 Å². The molecule has 1 fully saturated rings. The molecule has 0 radical (unpaired) electrons. The summed E-state index contributed by atoms with van der Waals surface area (Å²) in [6, 6.07) is 7.79. The molecule has 0 N–H and O–H groups in total. The number of hydrogen-bond donors (Lipinski definition) is 0. The van der Waals surface area contributed by atoms with Crippen LogP contribution in [0, 0.1) is 0 Å². The minimum Gasteiger partial charge on any atom is -0.351 e. The normalized spacial score (nSPS) is 28.6. The molecular formula is C13H15NO2. The van der Waals surface area contributed by atoms with Gasteiger partial charge < -0.3 is 9.64 Å².